The molecule has 1 rings (SSSR count). The zero-order valence-electron chi connectivity index (χ0n) is 7.77. The minimum atomic E-state index is 0.000556. The van der Waals surface area contributed by atoms with E-state index in [4.69, 9.17) is 11.6 Å². The number of hydrogen-bond acceptors (Lipinski definition) is 1. The topological polar surface area (TPSA) is 22.0 Å². The molecule has 13 heavy (non-hydrogen) atoms. The van der Waals surface area contributed by atoms with E-state index in [2.05, 4.69) is 0 Å². The number of pyridine rings is 1. The van der Waals surface area contributed by atoms with Crippen LogP contribution in [0.5, 0.6) is 0 Å². The zero-order valence-corrected chi connectivity index (χ0v) is 10.7. The Morgan fingerprint density at radius 3 is 2.54 bits per heavy atom. The predicted molar refractivity (Wildman–Crippen MR) is 63.6 cm³/mol. The Morgan fingerprint density at radius 2 is 2.08 bits per heavy atom. The Balaban J connectivity index is 3.54. The molecular weight excluding hydrogens is 300 g/mol. The molecule has 0 aliphatic heterocycles. The van der Waals surface area contributed by atoms with Gasteiger partial charge in [0.15, 0.2) is 0 Å². The summed E-state index contributed by atoms with van der Waals surface area (Å²) in [5.41, 5.74) is 0.908. The second-order valence-electron chi connectivity index (χ2n) is 3.22. The molecule has 0 aromatic carbocycles. The summed E-state index contributed by atoms with van der Waals surface area (Å²) in [5, 5.41) is 0.542. The molecule has 72 valence electrons. The van der Waals surface area contributed by atoms with E-state index < -0.39 is 0 Å². The van der Waals surface area contributed by atoms with Gasteiger partial charge in [0, 0.05) is 11.7 Å². The van der Waals surface area contributed by atoms with Crippen LogP contribution in [0.25, 0.3) is 0 Å². The smallest absolute Gasteiger partial charge is 0.265 e. The van der Waals surface area contributed by atoms with Crippen LogP contribution in [0, 0.1) is 10.5 Å². The number of halogens is 2. The average molecular weight is 312 g/mol. The van der Waals surface area contributed by atoms with Gasteiger partial charge in [-0.25, -0.2) is 0 Å². The van der Waals surface area contributed by atoms with Crippen LogP contribution in [-0.2, 0) is 0 Å². The van der Waals surface area contributed by atoms with E-state index >= 15 is 0 Å². The lowest BCUT2D eigenvalue weighted by atomic mass is 10.3. The Labute approximate surface area is 96.0 Å². The Hall–Kier alpha value is -0.0300. The van der Waals surface area contributed by atoms with Crippen molar-refractivity contribution >= 4 is 34.2 Å². The predicted octanol–water partition coefficient (Wildman–Crippen LogP) is 3.00. The van der Waals surface area contributed by atoms with Crippen LogP contribution < -0.4 is 5.56 Å². The van der Waals surface area contributed by atoms with E-state index in [0.29, 0.717) is 8.59 Å². The number of nitrogens with zero attached hydrogens (tertiary/aromatic N) is 1. The highest BCUT2D eigenvalue weighted by Gasteiger charge is 2.10. The maximum atomic E-state index is 11.7. The van der Waals surface area contributed by atoms with Crippen LogP contribution in [0.2, 0.25) is 5.02 Å². The first-order chi connectivity index (χ1) is 5.95. The van der Waals surface area contributed by atoms with Crippen molar-refractivity contribution in [3.63, 3.8) is 0 Å². The maximum absolute atomic E-state index is 11.7. The van der Waals surface area contributed by atoms with Crippen molar-refractivity contribution in [1.29, 1.82) is 0 Å². The van der Waals surface area contributed by atoms with Gasteiger partial charge in [0.1, 0.15) is 0 Å². The fourth-order valence-electron chi connectivity index (χ4n) is 1.33. The SMILES string of the molecule is Cc1cc(Cl)c(I)c(=O)n1C(C)C. The van der Waals surface area contributed by atoms with E-state index in [1.54, 1.807) is 4.57 Å². The molecule has 0 aliphatic carbocycles. The molecule has 1 heterocycles. The number of aryl methyl sites for hydroxylation is 1. The molecule has 0 fully saturated rings. The molecule has 0 N–H and O–H groups in total. The summed E-state index contributed by atoms with van der Waals surface area (Å²) in [7, 11) is 0. The van der Waals surface area contributed by atoms with Gasteiger partial charge in [0.05, 0.1) is 8.59 Å². The van der Waals surface area contributed by atoms with Gasteiger partial charge < -0.3 is 4.57 Å². The van der Waals surface area contributed by atoms with Crippen LogP contribution in [-0.4, -0.2) is 4.57 Å². The minimum Gasteiger partial charge on any atom is -0.309 e. The molecule has 2 nitrogen and oxygen atoms in total. The molecule has 4 heteroatoms. The van der Waals surface area contributed by atoms with Crippen LogP contribution in [0.1, 0.15) is 25.6 Å². The first-order valence-electron chi connectivity index (χ1n) is 4.02. The van der Waals surface area contributed by atoms with E-state index in [1.807, 2.05) is 49.4 Å². The summed E-state index contributed by atoms with van der Waals surface area (Å²) in [5.74, 6) is 0. The van der Waals surface area contributed by atoms with Crippen LogP contribution >= 0.6 is 34.2 Å². The zero-order chi connectivity index (χ0) is 10.2. The van der Waals surface area contributed by atoms with Crippen molar-refractivity contribution in [2.45, 2.75) is 26.8 Å². The van der Waals surface area contributed by atoms with Crippen LogP contribution in [0.15, 0.2) is 10.9 Å². The van der Waals surface area contributed by atoms with Gasteiger partial charge in [-0.05, 0) is 49.4 Å². The molecule has 1 aromatic rings. The lowest BCUT2D eigenvalue weighted by Crippen LogP contribution is -2.26. The molecule has 0 atom stereocenters. The summed E-state index contributed by atoms with van der Waals surface area (Å²) in [4.78, 5) is 11.7. The van der Waals surface area contributed by atoms with Gasteiger partial charge in [0.2, 0.25) is 0 Å². The fraction of sp³-hybridized carbons (Fsp3) is 0.444. The third-order valence-electron chi connectivity index (χ3n) is 1.85. The highest BCUT2D eigenvalue weighted by atomic mass is 127. The van der Waals surface area contributed by atoms with Crippen molar-refractivity contribution < 1.29 is 0 Å². The molecule has 0 spiro atoms. The van der Waals surface area contributed by atoms with Crippen molar-refractivity contribution in [2.75, 3.05) is 0 Å². The lowest BCUT2D eigenvalue weighted by molar-refractivity contribution is 0.560. The maximum Gasteiger partial charge on any atom is 0.265 e. The van der Waals surface area contributed by atoms with Crippen molar-refractivity contribution in [3.05, 3.63) is 30.7 Å². The van der Waals surface area contributed by atoms with Gasteiger partial charge >= 0.3 is 0 Å². The third-order valence-corrected chi connectivity index (χ3v) is 3.51. The van der Waals surface area contributed by atoms with Gasteiger partial charge in [0.25, 0.3) is 5.56 Å². The standard InChI is InChI=1S/C9H11ClINO/c1-5(2)12-6(3)4-7(10)8(11)9(12)13/h4-5H,1-3H3. The fourth-order valence-corrected chi connectivity index (χ4v) is 1.98. The second kappa shape index (κ2) is 4.00. The Kier molecular flexibility index (Phi) is 3.40. The molecular formula is C9H11ClINO. The van der Waals surface area contributed by atoms with Gasteiger partial charge in [-0.15, -0.1) is 0 Å². The largest absolute Gasteiger partial charge is 0.309 e. The molecule has 0 saturated carbocycles. The van der Waals surface area contributed by atoms with Gasteiger partial charge in [-0.2, -0.15) is 0 Å². The molecule has 0 bridgehead atoms. The summed E-state index contributed by atoms with van der Waals surface area (Å²) in [6.45, 7) is 5.86. The number of hydrogen-bond donors (Lipinski definition) is 0. The van der Waals surface area contributed by atoms with Gasteiger partial charge in [-0.1, -0.05) is 11.6 Å². The highest BCUT2D eigenvalue weighted by molar-refractivity contribution is 14.1. The Morgan fingerprint density at radius 1 is 1.54 bits per heavy atom. The third kappa shape index (κ3) is 2.07. The van der Waals surface area contributed by atoms with Crippen LogP contribution in [0.4, 0.5) is 0 Å². The minimum absolute atomic E-state index is 0.000556. The molecule has 0 radical (unpaired) electrons. The van der Waals surface area contributed by atoms with Crippen molar-refractivity contribution in [1.82, 2.24) is 4.57 Å². The molecule has 0 saturated heterocycles. The number of rotatable bonds is 1. The first-order valence-corrected chi connectivity index (χ1v) is 5.48. The molecule has 1 aromatic heterocycles. The molecule has 0 unspecified atom stereocenters. The van der Waals surface area contributed by atoms with Gasteiger partial charge in [-0.3, -0.25) is 4.79 Å². The van der Waals surface area contributed by atoms with E-state index in [0.717, 1.165) is 5.69 Å². The summed E-state index contributed by atoms with van der Waals surface area (Å²) >= 11 is 7.85. The normalized spacial score (nSPS) is 10.9. The highest BCUT2D eigenvalue weighted by Crippen LogP contribution is 2.17. The average Bonchev–Trinajstić information content (AvgIpc) is 1.99. The summed E-state index contributed by atoms with van der Waals surface area (Å²) in [6, 6.07) is 2.00. The quantitative estimate of drug-likeness (QED) is 0.731. The van der Waals surface area contributed by atoms with E-state index in [9.17, 15) is 4.79 Å². The number of aromatic nitrogens is 1. The summed E-state index contributed by atoms with van der Waals surface area (Å²) in [6.07, 6.45) is 0. The lowest BCUT2D eigenvalue weighted by Gasteiger charge is -2.14. The molecule has 0 aliphatic rings. The van der Waals surface area contributed by atoms with E-state index in [-0.39, 0.29) is 11.6 Å². The molecule has 0 amide bonds. The monoisotopic (exact) mass is 311 g/mol. The van der Waals surface area contributed by atoms with Crippen LogP contribution in [0.3, 0.4) is 0 Å². The van der Waals surface area contributed by atoms with Crippen molar-refractivity contribution in [3.8, 4) is 0 Å². The van der Waals surface area contributed by atoms with E-state index in [1.165, 1.54) is 0 Å². The van der Waals surface area contributed by atoms with Crippen molar-refractivity contribution in [2.24, 2.45) is 0 Å². The first kappa shape index (κ1) is 11.0. The summed E-state index contributed by atoms with van der Waals surface area (Å²) < 4.78 is 2.34. The Bertz CT molecular complexity index is 384. The second-order valence-corrected chi connectivity index (χ2v) is 4.70.